The van der Waals surface area contributed by atoms with E-state index in [9.17, 15) is 4.79 Å². The second-order valence-corrected chi connectivity index (χ2v) is 9.27. The fourth-order valence-electron chi connectivity index (χ4n) is 5.06. The third-order valence-corrected chi connectivity index (χ3v) is 6.84. The van der Waals surface area contributed by atoms with Gasteiger partial charge in [-0.05, 0) is 64.7 Å². The Morgan fingerprint density at radius 3 is 2.63 bits per heavy atom. The first-order valence-electron chi connectivity index (χ1n) is 11.4. The van der Waals surface area contributed by atoms with E-state index in [0.29, 0.717) is 5.56 Å². The minimum Gasteiger partial charge on any atom is -0.356 e. The summed E-state index contributed by atoms with van der Waals surface area (Å²) in [6.07, 6.45) is 9.81. The van der Waals surface area contributed by atoms with Gasteiger partial charge in [0.05, 0.1) is 17.3 Å². The smallest absolute Gasteiger partial charge is 0.257 e. The van der Waals surface area contributed by atoms with E-state index < -0.39 is 0 Å². The summed E-state index contributed by atoms with van der Waals surface area (Å²) in [5, 5.41) is 4.37. The minimum absolute atomic E-state index is 0.0547. The van der Waals surface area contributed by atoms with Gasteiger partial charge in [0.25, 0.3) is 5.91 Å². The number of carbonyl (C=O) groups is 1. The molecule has 0 spiro atoms. The topological polar surface area (TPSA) is 67.2 Å². The Hall–Kier alpha value is -2.44. The number of hydrogen-bond acceptors (Lipinski definition) is 5. The molecule has 7 nitrogen and oxygen atoms in total. The normalized spacial score (nSPS) is 21.6. The molecule has 2 aromatic rings. The minimum atomic E-state index is -0.0560. The number of hydrogen-bond donors (Lipinski definition) is 0. The number of aromatic nitrogens is 4. The van der Waals surface area contributed by atoms with Crippen LogP contribution in [0.15, 0.2) is 6.20 Å². The lowest BCUT2D eigenvalue weighted by atomic mass is 9.98. The molecule has 2 fully saturated rings. The fraction of sp³-hybridized carbons (Fsp3) is 0.652. The SMILES string of the molecule is Cc1nn(C)cc1C(=O)N1CCCCC1c1nc(C)c2c(n1)N(CC1CC1)CCC2. The summed E-state index contributed by atoms with van der Waals surface area (Å²) in [6.45, 7) is 6.97. The van der Waals surface area contributed by atoms with Crippen molar-refractivity contribution in [1.29, 1.82) is 0 Å². The number of likely N-dealkylation sites (tertiary alicyclic amines) is 1. The number of piperidine rings is 1. The van der Waals surface area contributed by atoms with Crippen LogP contribution < -0.4 is 4.90 Å². The van der Waals surface area contributed by atoms with Crippen LogP contribution in [0.25, 0.3) is 0 Å². The zero-order valence-corrected chi connectivity index (χ0v) is 18.4. The molecule has 1 saturated heterocycles. The number of anilines is 1. The van der Waals surface area contributed by atoms with Gasteiger partial charge in [-0.1, -0.05) is 0 Å². The molecule has 3 aliphatic rings. The van der Waals surface area contributed by atoms with Gasteiger partial charge >= 0.3 is 0 Å². The zero-order chi connectivity index (χ0) is 20.8. The van der Waals surface area contributed by atoms with Gasteiger partial charge in [-0.15, -0.1) is 0 Å². The first-order chi connectivity index (χ1) is 14.5. The Labute approximate surface area is 178 Å². The Bertz CT molecular complexity index is 963. The summed E-state index contributed by atoms with van der Waals surface area (Å²) in [6, 6.07) is -0.0560. The molecule has 0 radical (unpaired) electrons. The van der Waals surface area contributed by atoms with Crippen molar-refractivity contribution in [3.8, 4) is 0 Å². The molecular formula is C23H32N6O. The predicted molar refractivity (Wildman–Crippen MR) is 116 cm³/mol. The quantitative estimate of drug-likeness (QED) is 0.776. The molecule has 0 aromatic carbocycles. The van der Waals surface area contributed by atoms with Crippen LogP contribution >= 0.6 is 0 Å². The van der Waals surface area contributed by atoms with Crippen LogP contribution in [-0.4, -0.2) is 50.2 Å². The Kier molecular flexibility index (Phi) is 4.99. The van der Waals surface area contributed by atoms with Crippen LogP contribution in [0.1, 0.15) is 77.7 Å². The first kappa shape index (κ1) is 19.5. The summed E-state index contributed by atoms with van der Waals surface area (Å²) in [7, 11) is 1.86. The molecule has 1 saturated carbocycles. The fourth-order valence-corrected chi connectivity index (χ4v) is 5.06. The van der Waals surface area contributed by atoms with Gasteiger partial charge in [-0.25, -0.2) is 9.97 Å². The summed E-state index contributed by atoms with van der Waals surface area (Å²) < 4.78 is 1.72. The van der Waals surface area contributed by atoms with Gasteiger partial charge in [-0.2, -0.15) is 5.10 Å². The summed E-state index contributed by atoms with van der Waals surface area (Å²) in [5.41, 5.74) is 3.87. The molecule has 30 heavy (non-hydrogen) atoms. The van der Waals surface area contributed by atoms with E-state index in [0.717, 1.165) is 74.3 Å². The van der Waals surface area contributed by atoms with E-state index in [4.69, 9.17) is 9.97 Å². The molecule has 0 N–H and O–H groups in total. The lowest BCUT2D eigenvalue weighted by Gasteiger charge is -2.36. The maximum absolute atomic E-state index is 13.4. The Balaban J connectivity index is 1.49. The number of amides is 1. The van der Waals surface area contributed by atoms with Crippen molar-refractivity contribution in [3.63, 3.8) is 0 Å². The number of nitrogens with zero attached hydrogens (tertiary/aromatic N) is 6. The third kappa shape index (κ3) is 3.59. The van der Waals surface area contributed by atoms with Crippen molar-refractivity contribution in [2.75, 3.05) is 24.5 Å². The number of fused-ring (bicyclic) bond motifs is 1. The van der Waals surface area contributed by atoms with E-state index in [2.05, 4.69) is 16.9 Å². The number of aryl methyl sites for hydroxylation is 3. The molecule has 1 unspecified atom stereocenters. The zero-order valence-electron chi connectivity index (χ0n) is 18.4. The Morgan fingerprint density at radius 1 is 1.07 bits per heavy atom. The number of rotatable bonds is 4. The standard InChI is InChI=1S/C23H32N6O/c1-15-18-7-6-11-28(13-17-9-10-17)22(18)25-21(24-15)20-8-4-5-12-29(20)23(30)19-14-27(3)26-16(19)2/h14,17,20H,4-13H2,1-3H3. The van der Waals surface area contributed by atoms with Crippen molar-refractivity contribution < 1.29 is 4.79 Å². The summed E-state index contributed by atoms with van der Waals surface area (Å²) >= 11 is 0. The van der Waals surface area contributed by atoms with E-state index in [1.165, 1.54) is 24.8 Å². The lowest BCUT2D eigenvalue weighted by Crippen LogP contribution is -2.40. The van der Waals surface area contributed by atoms with Crippen LogP contribution in [0, 0.1) is 19.8 Å². The van der Waals surface area contributed by atoms with Crippen molar-refractivity contribution in [3.05, 3.63) is 34.5 Å². The van der Waals surface area contributed by atoms with Crippen molar-refractivity contribution in [2.45, 2.75) is 64.8 Å². The molecule has 2 aromatic heterocycles. The summed E-state index contributed by atoms with van der Waals surface area (Å²) in [4.78, 5) is 27.9. The van der Waals surface area contributed by atoms with Gasteiger partial charge in [-0.3, -0.25) is 9.48 Å². The van der Waals surface area contributed by atoms with Crippen LogP contribution in [0.5, 0.6) is 0 Å². The van der Waals surface area contributed by atoms with Gasteiger partial charge in [0.15, 0.2) is 5.82 Å². The van der Waals surface area contributed by atoms with Gasteiger partial charge < -0.3 is 9.80 Å². The van der Waals surface area contributed by atoms with Crippen LogP contribution in [0.3, 0.4) is 0 Å². The predicted octanol–water partition coefficient (Wildman–Crippen LogP) is 3.36. The average molecular weight is 409 g/mol. The van der Waals surface area contributed by atoms with Crippen LogP contribution in [0.2, 0.25) is 0 Å². The summed E-state index contributed by atoms with van der Waals surface area (Å²) in [5.74, 6) is 2.84. The van der Waals surface area contributed by atoms with Gasteiger partial charge in [0.1, 0.15) is 5.82 Å². The first-order valence-corrected chi connectivity index (χ1v) is 11.4. The van der Waals surface area contributed by atoms with E-state index in [1.54, 1.807) is 4.68 Å². The largest absolute Gasteiger partial charge is 0.356 e. The highest BCUT2D eigenvalue weighted by molar-refractivity contribution is 5.95. The molecular weight excluding hydrogens is 376 g/mol. The molecule has 4 heterocycles. The maximum atomic E-state index is 13.4. The molecule has 1 atom stereocenters. The van der Waals surface area contributed by atoms with Gasteiger partial charge in [0, 0.05) is 44.1 Å². The van der Waals surface area contributed by atoms with E-state index in [-0.39, 0.29) is 11.9 Å². The lowest BCUT2D eigenvalue weighted by molar-refractivity contribution is 0.0598. The molecule has 7 heteroatoms. The van der Waals surface area contributed by atoms with Crippen LogP contribution in [0.4, 0.5) is 5.82 Å². The van der Waals surface area contributed by atoms with Crippen molar-refractivity contribution in [2.24, 2.45) is 13.0 Å². The van der Waals surface area contributed by atoms with E-state index >= 15 is 0 Å². The maximum Gasteiger partial charge on any atom is 0.257 e. The molecule has 5 rings (SSSR count). The van der Waals surface area contributed by atoms with Gasteiger partial charge in [0.2, 0.25) is 0 Å². The Morgan fingerprint density at radius 2 is 1.90 bits per heavy atom. The van der Waals surface area contributed by atoms with E-state index in [1.807, 2.05) is 25.1 Å². The highest BCUT2D eigenvalue weighted by Crippen LogP contribution is 2.37. The monoisotopic (exact) mass is 408 g/mol. The highest BCUT2D eigenvalue weighted by Gasteiger charge is 2.34. The average Bonchev–Trinajstić information content (AvgIpc) is 3.49. The highest BCUT2D eigenvalue weighted by atomic mass is 16.2. The molecule has 1 aliphatic carbocycles. The second-order valence-electron chi connectivity index (χ2n) is 9.27. The molecule has 160 valence electrons. The molecule has 0 bridgehead atoms. The van der Waals surface area contributed by atoms with Crippen molar-refractivity contribution in [1.82, 2.24) is 24.6 Å². The van der Waals surface area contributed by atoms with Crippen LogP contribution in [-0.2, 0) is 13.5 Å². The van der Waals surface area contributed by atoms with Crippen molar-refractivity contribution >= 4 is 11.7 Å². The third-order valence-electron chi connectivity index (χ3n) is 6.84. The molecule has 2 aliphatic heterocycles. The second kappa shape index (κ2) is 7.67. The number of carbonyl (C=O) groups excluding carboxylic acids is 1. The molecule has 1 amide bonds.